The first-order valence-corrected chi connectivity index (χ1v) is 12.4. The summed E-state index contributed by atoms with van der Waals surface area (Å²) in [4.78, 5) is 24.7. The van der Waals surface area contributed by atoms with Gasteiger partial charge in [0.25, 0.3) is 11.8 Å². The van der Waals surface area contributed by atoms with Gasteiger partial charge in [-0.15, -0.1) is 10.2 Å². The van der Waals surface area contributed by atoms with E-state index in [9.17, 15) is 9.59 Å². The summed E-state index contributed by atoms with van der Waals surface area (Å²) >= 11 is 7.07. The van der Waals surface area contributed by atoms with Crippen molar-refractivity contribution in [3.8, 4) is 22.8 Å². The van der Waals surface area contributed by atoms with Crippen LogP contribution in [-0.4, -0.2) is 38.4 Å². The Hall–Kier alpha value is -3.82. The molecule has 1 atom stereocenters. The van der Waals surface area contributed by atoms with E-state index >= 15 is 0 Å². The van der Waals surface area contributed by atoms with Crippen LogP contribution in [0.5, 0.6) is 5.75 Å². The summed E-state index contributed by atoms with van der Waals surface area (Å²) in [6.07, 6.45) is 0. The Morgan fingerprint density at radius 3 is 2.36 bits per heavy atom. The monoisotopic (exact) mass is 521 g/mol. The van der Waals surface area contributed by atoms with Crippen LogP contribution in [0.2, 0.25) is 5.02 Å². The number of carbonyl (C=O) groups is 2. The zero-order valence-electron chi connectivity index (χ0n) is 19.6. The summed E-state index contributed by atoms with van der Waals surface area (Å²) in [5.41, 5.74) is 7.73. The molecule has 3 aromatic carbocycles. The van der Waals surface area contributed by atoms with E-state index < -0.39 is 11.2 Å². The fourth-order valence-electron chi connectivity index (χ4n) is 3.21. The molecule has 1 aromatic heterocycles. The molecule has 1 heterocycles. The molecular formula is C26H24ClN5O3S. The van der Waals surface area contributed by atoms with Crippen molar-refractivity contribution in [3.63, 3.8) is 0 Å². The number of ether oxygens (including phenoxy) is 1. The van der Waals surface area contributed by atoms with E-state index in [1.165, 1.54) is 11.8 Å². The molecular weight excluding hydrogens is 498 g/mol. The lowest BCUT2D eigenvalue weighted by atomic mass is 10.1. The number of halogens is 1. The van der Waals surface area contributed by atoms with Crippen molar-refractivity contribution in [1.82, 2.24) is 25.6 Å². The smallest absolute Gasteiger partial charge is 0.276 e. The number of nitrogens with one attached hydrogen (secondary N) is 2. The van der Waals surface area contributed by atoms with E-state index in [2.05, 4.69) is 21.0 Å². The van der Waals surface area contributed by atoms with E-state index in [0.29, 0.717) is 21.8 Å². The topological polar surface area (TPSA) is 98.1 Å². The molecule has 4 rings (SSSR count). The Bertz CT molecular complexity index is 1330. The predicted octanol–water partition coefficient (Wildman–Crippen LogP) is 4.60. The van der Waals surface area contributed by atoms with Gasteiger partial charge in [0, 0.05) is 16.3 Å². The Kier molecular flexibility index (Phi) is 8.24. The fraction of sp³-hybridized carbons (Fsp3) is 0.154. The molecule has 0 bridgehead atoms. The molecule has 2 amide bonds. The van der Waals surface area contributed by atoms with E-state index in [4.69, 9.17) is 16.3 Å². The lowest BCUT2D eigenvalue weighted by molar-refractivity contribution is -0.129. The second-order valence-corrected chi connectivity index (χ2v) is 9.63. The highest BCUT2D eigenvalue weighted by molar-refractivity contribution is 8.00. The minimum absolute atomic E-state index is 0.258. The van der Waals surface area contributed by atoms with E-state index in [-0.39, 0.29) is 12.5 Å². The van der Waals surface area contributed by atoms with Crippen molar-refractivity contribution in [1.29, 1.82) is 0 Å². The molecule has 0 saturated heterocycles. The van der Waals surface area contributed by atoms with Gasteiger partial charge in [0.2, 0.25) is 0 Å². The molecule has 10 heteroatoms. The molecule has 0 spiro atoms. The summed E-state index contributed by atoms with van der Waals surface area (Å²) in [6.45, 7) is 3.49. The summed E-state index contributed by atoms with van der Waals surface area (Å²) in [7, 11) is 0. The Morgan fingerprint density at radius 2 is 1.67 bits per heavy atom. The van der Waals surface area contributed by atoms with Crippen molar-refractivity contribution >= 4 is 35.2 Å². The van der Waals surface area contributed by atoms with Crippen LogP contribution in [0.25, 0.3) is 17.1 Å². The molecule has 184 valence electrons. The van der Waals surface area contributed by atoms with Crippen LogP contribution in [0, 0.1) is 6.92 Å². The number of aromatic nitrogens is 3. The van der Waals surface area contributed by atoms with Crippen LogP contribution in [0.15, 0.2) is 84.0 Å². The van der Waals surface area contributed by atoms with Gasteiger partial charge < -0.3 is 4.74 Å². The number of carbonyl (C=O) groups excluding carboxylic acids is 2. The quantitative estimate of drug-likeness (QED) is 0.260. The summed E-state index contributed by atoms with van der Waals surface area (Å²) in [5, 5.41) is 9.31. The molecule has 0 radical (unpaired) electrons. The second-order valence-electron chi connectivity index (χ2n) is 7.88. The van der Waals surface area contributed by atoms with Crippen LogP contribution in [-0.2, 0) is 9.59 Å². The average Bonchev–Trinajstić information content (AvgIpc) is 3.31. The molecule has 8 nitrogen and oxygen atoms in total. The largest absolute Gasteiger partial charge is 0.484 e. The number of hydrazine groups is 1. The number of thioether (sulfide) groups is 1. The SMILES string of the molecule is Cc1ccc(-c2nnc(S[C@H](C)C(=O)NNC(=O)COc3ccc(Cl)cc3)n2-c2ccccc2)cc1. The first-order valence-electron chi connectivity index (χ1n) is 11.1. The van der Waals surface area contributed by atoms with Crippen molar-refractivity contribution in [2.45, 2.75) is 24.3 Å². The Labute approximate surface area is 218 Å². The highest BCUT2D eigenvalue weighted by Gasteiger charge is 2.22. The zero-order chi connectivity index (χ0) is 25.5. The van der Waals surface area contributed by atoms with Crippen molar-refractivity contribution in [3.05, 3.63) is 89.4 Å². The summed E-state index contributed by atoms with van der Waals surface area (Å²) in [6, 6.07) is 24.3. The zero-order valence-corrected chi connectivity index (χ0v) is 21.2. The lowest BCUT2D eigenvalue weighted by Gasteiger charge is -2.14. The fourth-order valence-corrected chi connectivity index (χ4v) is 4.20. The van der Waals surface area contributed by atoms with Crippen molar-refractivity contribution in [2.24, 2.45) is 0 Å². The molecule has 0 aliphatic heterocycles. The third kappa shape index (κ3) is 6.44. The molecule has 0 unspecified atom stereocenters. The Morgan fingerprint density at radius 1 is 0.972 bits per heavy atom. The maximum atomic E-state index is 12.7. The molecule has 36 heavy (non-hydrogen) atoms. The third-order valence-electron chi connectivity index (χ3n) is 5.12. The number of amides is 2. The maximum Gasteiger partial charge on any atom is 0.276 e. The van der Waals surface area contributed by atoms with Gasteiger partial charge in [-0.3, -0.25) is 25.0 Å². The molecule has 0 fully saturated rings. The molecule has 0 saturated carbocycles. The van der Waals surface area contributed by atoms with Gasteiger partial charge in [-0.1, -0.05) is 71.4 Å². The van der Waals surface area contributed by atoms with Crippen LogP contribution in [0.4, 0.5) is 0 Å². The number of hydrogen-bond acceptors (Lipinski definition) is 6. The van der Waals surface area contributed by atoms with Crippen LogP contribution in [0.1, 0.15) is 12.5 Å². The predicted molar refractivity (Wildman–Crippen MR) is 140 cm³/mol. The minimum Gasteiger partial charge on any atom is -0.484 e. The van der Waals surface area contributed by atoms with Crippen LogP contribution >= 0.6 is 23.4 Å². The van der Waals surface area contributed by atoms with Gasteiger partial charge in [0.15, 0.2) is 17.6 Å². The number of nitrogens with zero attached hydrogens (tertiary/aromatic N) is 3. The van der Waals surface area contributed by atoms with Gasteiger partial charge in [-0.25, -0.2) is 0 Å². The van der Waals surface area contributed by atoms with Gasteiger partial charge in [0.05, 0.1) is 5.25 Å². The van der Waals surface area contributed by atoms with E-state index in [1.807, 2.05) is 66.1 Å². The first-order chi connectivity index (χ1) is 17.4. The highest BCUT2D eigenvalue weighted by Crippen LogP contribution is 2.30. The van der Waals surface area contributed by atoms with Crippen molar-refractivity contribution in [2.75, 3.05) is 6.61 Å². The number of hydrogen-bond donors (Lipinski definition) is 2. The summed E-state index contributed by atoms with van der Waals surface area (Å²) < 4.78 is 7.29. The van der Waals surface area contributed by atoms with E-state index in [0.717, 1.165) is 16.8 Å². The van der Waals surface area contributed by atoms with Gasteiger partial charge >= 0.3 is 0 Å². The van der Waals surface area contributed by atoms with Gasteiger partial charge in [0.1, 0.15) is 5.75 Å². The maximum absolute atomic E-state index is 12.7. The van der Waals surface area contributed by atoms with Gasteiger partial charge in [-0.05, 0) is 50.2 Å². The molecule has 4 aromatic rings. The van der Waals surface area contributed by atoms with E-state index in [1.54, 1.807) is 31.2 Å². The minimum atomic E-state index is -0.569. The lowest BCUT2D eigenvalue weighted by Crippen LogP contribution is -2.46. The number of para-hydroxylation sites is 1. The third-order valence-corrected chi connectivity index (χ3v) is 6.41. The number of benzene rings is 3. The first kappa shape index (κ1) is 25.3. The normalized spacial score (nSPS) is 11.5. The average molecular weight is 522 g/mol. The summed E-state index contributed by atoms with van der Waals surface area (Å²) in [5.74, 6) is 0.280. The number of aryl methyl sites for hydroxylation is 1. The van der Waals surface area contributed by atoms with Gasteiger partial charge in [-0.2, -0.15) is 0 Å². The van der Waals surface area contributed by atoms with Crippen molar-refractivity contribution < 1.29 is 14.3 Å². The second kappa shape index (κ2) is 11.7. The van der Waals surface area contributed by atoms with Crippen LogP contribution < -0.4 is 15.6 Å². The van der Waals surface area contributed by atoms with Crippen LogP contribution in [0.3, 0.4) is 0 Å². The Balaban J connectivity index is 1.41. The standard InChI is InChI=1S/C26H24ClN5O3S/c1-17-8-10-19(11-9-17)24-29-31-26(32(24)21-6-4-3-5-7-21)36-18(2)25(34)30-28-23(33)16-35-22-14-12-20(27)13-15-22/h3-15,18H,16H2,1-2H3,(H,28,33)(H,30,34)/t18-/m1/s1. The number of rotatable bonds is 8. The molecule has 2 N–H and O–H groups in total. The molecule has 0 aliphatic rings. The molecule has 0 aliphatic carbocycles. The highest BCUT2D eigenvalue weighted by atomic mass is 35.5.